The van der Waals surface area contributed by atoms with Gasteiger partial charge < -0.3 is 0 Å². The molecule has 0 saturated carbocycles. The van der Waals surface area contributed by atoms with E-state index in [1.54, 1.807) is 0 Å². The maximum absolute atomic E-state index is 4.95. The van der Waals surface area contributed by atoms with Gasteiger partial charge in [-0.15, -0.1) is 0 Å². The van der Waals surface area contributed by atoms with Crippen LogP contribution in [0, 0.1) is 5.92 Å². The molecule has 8 aromatic rings. The Balaban J connectivity index is 1.06. The van der Waals surface area contributed by atoms with Crippen molar-refractivity contribution in [3.63, 3.8) is 0 Å². The largest absolute Gasteiger partial charge is 0.208 e. The molecule has 258 valence electrons. The monoisotopic (exact) mass is 701 g/mol. The average molecular weight is 702 g/mol. The van der Waals surface area contributed by atoms with Gasteiger partial charge in [0, 0.05) is 22.6 Å². The third-order valence-corrected chi connectivity index (χ3v) is 10.6. The van der Waals surface area contributed by atoms with Gasteiger partial charge in [-0.05, 0) is 78.8 Å². The summed E-state index contributed by atoms with van der Waals surface area (Å²) in [6.45, 7) is 0. The van der Waals surface area contributed by atoms with Gasteiger partial charge in [-0.2, -0.15) is 0 Å². The normalized spacial score (nSPS) is 14.5. The second-order valence-electron chi connectivity index (χ2n) is 14.0. The van der Waals surface area contributed by atoms with Crippen LogP contribution >= 0.6 is 0 Å². The van der Waals surface area contributed by atoms with Gasteiger partial charge >= 0.3 is 0 Å². The van der Waals surface area contributed by atoms with Crippen LogP contribution in [-0.4, -0.2) is 15.0 Å². The van der Waals surface area contributed by atoms with E-state index in [2.05, 4.69) is 146 Å². The molecule has 0 radical (unpaired) electrons. The lowest BCUT2D eigenvalue weighted by atomic mass is 9.75. The molecule has 0 amide bonds. The van der Waals surface area contributed by atoms with Crippen LogP contribution in [0.3, 0.4) is 0 Å². The maximum atomic E-state index is 4.95. The Morgan fingerprint density at radius 1 is 0.309 bits per heavy atom. The van der Waals surface area contributed by atoms with Gasteiger partial charge in [0.15, 0.2) is 17.5 Å². The summed E-state index contributed by atoms with van der Waals surface area (Å²) in [5.41, 5.74) is 14.1. The van der Waals surface area contributed by atoms with Gasteiger partial charge in [0.2, 0.25) is 0 Å². The fourth-order valence-corrected chi connectivity index (χ4v) is 8.00. The third-order valence-electron chi connectivity index (χ3n) is 10.6. The first-order valence-electron chi connectivity index (χ1n) is 18.7. The van der Waals surface area contributed by atoms with Crippen LogP contribution in [-0.2, 0) is 0 Å². The van der Waals surface area contributed by atoms with E-state index < -0.39 is 0 Å². The van der Waals surface area contributed by atoms with Crippen LogP contribution in [0.5, 0.6) is 0 Å². The topological polar surface area (TPSA) is 38.7 Å². The average Bonchev–Trinajstić information content (AvgIpc) is 3.61. The summed E-state index contributed by atoms with van der Waals surface area (Å²) in [4.78, 5) is 14.8. The summed E-state index contributed by atoms with van der Waals surface area (Å²) in [5.74, 6) is 2.06. The second kappa shape index (κ2) is 14.0. The van der Waals surface area contributed by atoms with Crippen molar-refractivity contribution in [3.05, 3.63) is 233 Å². The fraction of sp³-hybridized carbons (Fsp3) is 0.0192. The molecule has 1 atom stereocenters. The van der Waals surface area contributed by atoms with Crippen molar-refractivity contribution in [2.75, 3.05) is 0 Å². The molecule has 7 aromatic carbocycles. The Kier molecular flexibility index (Phi) is 8.23. The molecule has 0 N–H and O–H groups in total. The van der Waals surface area contributed by atoms with Gasteiger partial charge in [-0.25, -0.2) is 15.0 Å². The number of rotatable bonds is 7. The van der Waals surface area contributed by atoms with Gasteiger partial charge in [0.05, 0.1) is 0 Å². The molecule has 10 rings (SSSR count). The zero-order valence-electron chi connectivity index (χ0n) is 30.0. The highest BCUT2D eigenvalue weighted by Gasteiger charge is 2.33. The quantitative estimate of drug-likeness (QED) is 0.166. The molecule has 2 aliphatic carbocycles. The van der Waals surface area contributed by atoms with E-state index in [9.17, 15) is 0 Å². The van der Waals surface area contributed by atoms with E-state index >= 15 is 0 Å². The lowest BCUT2D eigenvalue weighted by molar-refractivity contribution is 1.07. The summed E-state index contributed by atoms with van der Waals surface area (Å²) < 4.78 is 0. The molecule has 0 saturated heterocycles. The van der Waals surface area contributed by atoms with Crippen LogP contribution < -0.4 is 10.4 Å². The zero-order chi connectivity index (χ0) is 36.6. The van der Waals surface area contributed by atoms with E-state index in [0.717, 1.165) is 27.8 Å². The minimum Gasteiger partial charge on any atom is -0.208 e. The molecule has 1 unspecified atom stereocenters. The smallest absolute Gasteiger partial charge is 0.164 e. The Hall–Kier alpha value is -7.23. The van der Waals surface area contributed by atoms with Crippen molar-refractivity contribution in [2.45, 2.75) is 0 Å². The molecule has 3 heteroatoms. The van der Waals surface area contributed by atoms with Crippen LogP contribution in [0.15, 0.2) is 206 Å². The first-order chi connectivity index (χ1) is 27.3. The van der Waals surface area contributed by atoms with E-state index in [4.69, 9.17) is 15.0 Å². The van der Waals surface area contributed by atoms with Crippen LogP contribution in [0.25, 0.3) is 67.6 Å². The van der Waals surface area contributed by atoms with Crippen molar-refractivity contribution in [1.82, 2.24) is 15.0 Å². The summed E-state index contributed by atoms with van der Waals surface area (Å²) in [6.07, 6.45) is 4.82. The van der Waals surface area contributed by atoms with Crippen molar-refractivity contribution in [1.29, 1.82) is 0 Å². The summed E-state index contributed by atoms with van der Waals surface area (Å²) in [6, 6.07) is 68.3. The van der Waals surface area contributed by atoms with Gasteiger partial charge in [-0.3, -0.25) is 0 Å². The second-order valence-corrected chi connectivity index (χ2v) is 14.0. The predicted octanol–water partition coefficient (Wildman–Crippen LogP) is 10.7. The SMILES string of the molecule is C1=C(c2ccccc2)C=C(c2cccc(-c3ccc(-c4nc(-c5ccccc5)nc(-c5ccccc5)n4)cc3)c2)C2C1=c1ccccc1=C2c1ccccc1. The summed E-state index contributed by atoms with van der Waals surface area (Å²) >= 11 is 0. The number of nitrogens with zero attached hydrogens (tertiary/aromatic N) is 3. The van der Waals surface area contributed by atoms with E-state index in [-0.39, 0.29) is 5.92 Å². The van der Waals surface area contributed by atoms with Crippen molar-refractivity contribution >= 4 is 22.3 Å². The predicted molar refractivity (Wildman–Crippen MR) is 226 cm³/mol. The molecule has 3 nitrogen and oxygen atoms in total. The lowest BCUT2D eigenvalue weighted by Gasteiger charge is -2.27. The van der Waals surface area contributed by atoms with E-state index in [0.29, 0.717) is 17.5 Å². The number of allylic oxidation sites excluding steroid dienone is 4. The molecular formula is C52H35N3. The van der Waals surface area contributed by atoms with Gasteiger partial charge in [0.25, 0.3) is 0 Å². The Bertz CT molecular complexity index is 2820. The molecule has 0 aliphatic heterocycles. The highest BCUT2D eigenvalue weighted by molar-refractivity contribution is 6.05. The fourth-order valence-electron chi connectivity index (χ4n) is 8.00. The molecule has 55 heavy (non-hydrogen) atoms. The molecule has 1 heterocycles. The molecule has 2 aliphatic rings. The first-order valence-corrected chi connectivity index (χ1v) is 18.7. The molecule has 0 spiro atoms. The standard InChI is InChI=1S/C52H35N3/c1-5-16-35(17-6-1)43-33-46(49-47(34-43)44-26-13-14-27-45(44)48(49)37-18-7-2-8-19-37)42-25-15-24-41(32-42)36-28-30-40(31-29-36)52-54-50(38-20-9-3-10-21-38)53-51(55-52)39-22-11-4-12-23-39/h1-34,49H. The Morgan fingerprint density at radius 3 is 1.33 bits per heavy atom. The van der Waals surface area contributed by atoms with Gasteiger partial charge in [0.1, 0.15) is 0 Å². The maximum Gasteiger partial charge on any atom is 0.164 e. The van der Waals surface area contributed by atoms with Crippen molar-refractivity contribution in [2.24, 2.45) is 5.92 Å². The highest BCUT2D eigenvalue weighted by Crippen LogP contribution is 2.46. The van der Waals surface area contributed by atoms with Gasteiger partial charge in [-0.1, -0.05) is 188 Å². The Labute approximate surface area is 320 Å². The molecule has 0 bridgehead atoms. The first kappa shape index (κ1) is 32.4. The van der Waals surface area contributed by atoms with Crippen LogP contribution in [0.2, 0.25) is 0 Å². The number of fused-ring (bicyclic) bond motifs is 2. The number of aromatic nitrogens is 3. The number of hydrogen-bond acceptors (Lipinski definition) is 3. The van der Waals surface area contributed by atoms with E-state index in [1.165, 1.54) is 49.4 Å². The third kappa shape index (κ3) is 6.12. The molecule has 1 aromatic heterocycles. The zero-order valence-corrected chi connectivity index (χ0v) is 30.0. The molecule has 0 fully saturated rings. The van der Waals surface area contributed by atoms with Crippen LogP contribution in [0.1, 0.15) is 16.7 Å². The van der Waals surface area contributed by atoms with Crippen molar-refractivity contribution < 1.29 is 0 Å². The summed E-state index contributed by atoms with van der Waals surface area (Å²) in [5, 5.41) is 2.61. The minimum absolute atomic E-state index is 0.103. The van der Waals surface area contributed by atoms with Crippen LogP contribution in [0.4, 0.5) is 0 Å². The molecular weight excluding hydrogens is 667 g/mol. The highest BCUT2D eigenvalue weighted by atomic mass is 15.0. The minimum atomic E-state index is 0.103. The van der Waals surface area contributed by atoms with E-state index in [1.807, 2.05) is 60.7 Å². The Morgan fingerprint density at radius 2 is 0.745 bits per heavy atom. The summed E-state index contributed by atoms with van der Waals surface area (Å²) in [7, 11) is 0. The number of hydrogen-bond donors (Lipinski definition) is 0. The number of benzene rings is 7. The van der Waals surface area contributed by atoms with Crippen molar-refractivity contribution in [3.8, 4) is 45.3 Å². The lowest BCUT2D eigenvalue weighted by Crippen LogP contribution is -2.23.